The molecule has 0 aliphatic carbocycles. The summed E-state index contributed by atoms with van der Waals surface area (Å²) in [5, 5.41) is 0. The molecule has 28 heavy (non-hydrogen) atoms. The molecule has 3 rings (SSSR count). The maximum atomic E-state index is 12.8. The van der Waals surface area contributed by atoms with E-state index in [0.29, 0.717) is 32.7 Å². The molecule has 0 spiro atoms. The number of carbonyl (C=O) groups excluding carboxylic acids is 1. The molecule has 1 aliphatic rings. The zero-order chi connectivity index (χ0) is 20.5. The number of rotatable bonds is 6. The summed E-state index contributed by atoms with van der Waals surface area (Å²) >= 11 is 0. The van der Waals surface area contributed by atoms with Crippen LogP contribution in [0, 0.1) is 20.8 Å². The predicted molar refractivity (Wildman–Crippen MR) is 111 cm³/mol. The molecular weight excluding hydrogens is 374 g/mol. The smallest absolute Gasteiger partial charge is 0.218 e. The molecule has 1 aromatic carbocycles. The maximum Gasteiger partial charge on any atom is 0.218 e. The number of hydrogen-bond donors (Lipinski definition) is 0. The van der Waals surface area contributed by atoms with E-state index in [0.717, 1.165) is 28.1 Å². The summed E-state index contributed by atoms with van der Waals surface area (Å²) < 4.78 is 29.1. The van der Waals surface area contributed by atoms with E-state index >= 15 is 0 Å². The minimum absolute atomic E-state index is 0.0289. The number of nitrogens with zero attached hydrogens (tertiary/aromatic N) is 3. The fourth-order valence-corrected chi connectivity index (χ4v) is 5.27. The molecule has 0 N–H and O–H groups in total. The average Bonchev–Trinajstić information content (AvgIpc) is 2.91. The molecule has 0 amide bonds. The Morgan fingerprint density at radius 3 is 2.25 bits per heavy atom. The van der Waals surface area contributed by atoms with Gasteiger partial charge in [-0.1, -0.05) is 24.3 Å². The molecule has 1 fully saturated rings. The summed E-state index contributed by atoms with van der Waals surface area (Å²) in [6, 6.07) is 9.51. The lowest BCUT2D eigenvalue weighted by atomic mass is 10.1. The largest absolute Gasteiger partial charge is 0.351 e. The first-order chi connectivity index (χ1) is 13.2. The van der Waals surface area contributed by atoms with Crippen molar-refractivity contribution in [2.45, 2.75) is 26.5 Å². The Morgan fingerprint density at radius 2 is 1.68 bits per heavy atom. The molecule has 2 aromatic rings. The van der Waals surface area contributed by atoms with Crippen LogP contribution in [0.4, 0.5) is 0 Å². The van der Waals surface area contributed by atoms with Crippen molar-refractivity contribution in [3.63, 3.8) is 0 Å². The van der Waals surface area contributed by atoms with E-state index in [1.165, 1.54) is 0 Å². The van der Waals surface area contributed by atoms with Crippen LogP contribution in [0.1, 0.15) is 32.9 Å². The summed E-state index contributed by atoms with van der Waals surface area (Å²) in [5.74, 6) is 0.124. The van der Waals surface area contributed by atoms with Crippen molar-refractivity contribution in [3.8, 4) is 0 Å². The highest BCUT2D eigenvalue weighted by atomic mass is 32.2. The van der Waals surface area contributed by atoms with Gasteiger partial charge in [0.1, 0.15) is 0 Å². The second kappa shape index (κ2) is 8.19. The molecule has 7 heteroatoms. The van der Waals surface area contributed by atoms with Gasteiger partial charge in [-0.2, -0.15) is 4.31 Å². The molecule has 2 heterocycles. The molecule has 6 nitrogen and oxygen atoms in total. The number of benzene rings is 1. The third-order valence-corrected chi connectivity index (χ3v) is 7.59. The van der Waals surface area contributed by atoms with Crippen molar-refractivity contribution < 1.29 is 13.2 Å². The van der Waals surface area contributed by atoms with Crippen LogP contribution in [0.2, 0.25) is 0 Å². The van der Waals surface area contributed by atoms with Crippen LogP contribution in [-0.4, -0.2) is 60.7 Å². The van der Waals surface area contributed by atoms with Crippen LogP contribution in [0.3, 0.4) is 0 Å². The van der Waals surface area contributed by atoms with E-state index in [-0.39, 0.29) is 11.5 Å². The summed E-state index contributed by atoms with van der Waals surface area (Å²) in [7, 11) is -1.40. The molecule has 0 saturated carbocycles. The molecule has 1 aromatic heterocycles. The van der Waals surface area contributed by atoms with E-state index < -0.39 is 10.0 Å². The summed E-state index contributed by atoms with van der Waals surface area (Å²) in [5.41, 5.74) is 4.63. The molecule has 152 valence electrons. The molecule has 1 saturated heterocycles. The van der Waals surface area contributed by atoms with E-state index in [2.05, 4.69) is 0 Å². The molecular formula is C21H29N3O3S. The molecule has 0 bridgehead atoms. The van der Waals surface area contributed by atoms with Crippen molar-refractivity contribution in [2.75, 3.05) is 32.7 Å². The van der Waals surface area contributed by atoms with Crippen molar-refractivity contribution in [1.82, 2.24) is 13.8 Å². The second-order valence-electron chi connectivity index (χ2n) is 7.62. The molecule has 0 radical (unpaired) electrons. The second-order valence-corrected chi connectivity index (χ2v) is 9.59. The molecule has 1 aliphatic heterocycles. The van der Waals surface area contributed by atoms with E-state index in [1.54, 1.807) is 4.31 Å². The van der Waals surface area contributed by atoms with Gasteiger partial charge in [-0.25, -0.2) is 8.42 Å². The van der Waals surface area contributed by atoms with Crippen LogP contribution in [0.5, 0.6) is 0 Å². The van der Waals surface area contributed by atoms with Crippen LogP contribution in [-0.2, 0) is 22.8 Å². The highest BCUT2D eigenvalue weighted by molar-refractivity contribution is 7.88. The topological polar surface area (TPSA) is 62.6 Å². The van der Waals surface area contributed by atoms with E-state index in [4.69, 9.17) is 0 Å². The highest BCUT2D eigenvalue weighted by Crippen LogP contribution is 2.18. The van der Waals surface area contributed by atoms with Crippen LogP contribution in [0.25, 0.3) is 0 Å². The summed E-state index contributed by atoms with van der Waals surface area (Å²) in [6.45, 7) is 8.20. The fourth-order valence-electron chi connectivity index (χ4n) is 3.65. The Hall–Kier alpha value is -1.96. The Labute approximate surface area is 167 Å². The first-order valence-corrected chi connectivity index (χ1v) is 11.2. The number of Topliss-reactive ketones (excluding diaryl/α,β-unsaturated/α-hetero) is 1. The first kappa shape index (κ1) is 20.8. The van der Waals surface area contributed by atoms with Crippen LogP contribution >= 0.6 is 0 Å². The monoisotopic (exact) mass is 403 g/mol. The maximum absolute atomic E-state index is 12.8. The van der Waals surface area contributed by atoms with Gasteiger partial charge in [-0.3, -0.25) is 9.69 Å². The van der Waals surface area contributed by atoms with Crippen molar-refractivity contribution in [1.29, 1.82) is 0 Å². The van der Waals surface area contributed by atoms with Crippen LogP contribution < -0.4 is 0 Å². The average molecular weight is 404 g/mol. The summed E-state index contributed by atoms with van der Waals surface area (Å²) in [4.78, 5) is 14.7. The Morgan fingerprint density at radius 1 is 1.04 bits per heavy atom. The standard InChI is InChI=1S/C21H29N3O3S/c1-16-7-5-6-8-19(16)15-28(26,27)24-11-9-23(10-12-24)14-21(25)20-13-17(2)22(4)18(20)3/h5-8,13H,9-12,14-15H2,1-4H3. The highest BCUT2D eigenvalue weighted by Gasteiger charge is 2.28. The number of aryl methyl sites for hydroxylation is 2. The molecule has 0 atom stereocenters. The molecule has 0 unspecified atom stereocenters. The lowest BCUT2D eigenvalue weighted by Crippen LogP contribution is -2.50. The van der Waals surface area contributed by atoms with Gasteiger partial charge in [-0.15, -0.1) is 0 Å². The normalized spacial score (nSPS) is 16.4. The Bertz CT molecular complexity index is 971. The van der Waals surface area contributed by atoms with Crippen molar-refractivity contribution >= 4 is 15.8 Å². The van der Waals surface area contributed by atoms with Gasteiger partial charge < -0.3 is 4.57 Å². The van der Waals surface area contributed by atoms with Crippen LogP contribution in [0.15, 0.2) is 30.3 Å². The number of aromatic nitrogens is 1. The Kier molecular flexibility index (Phi) is 6.07. The van der Waals surface area contributed by atoms with E-state index in [1.807, 2.05) is 67.6 Å². The zero-order valence-corrected chi connectivity index (χ0v) is 17.9. The van der Waals surface area contributed by atoms with Gasteiger partial charge >= 0.3 is 0 Å². The number of hydrogen-bond acceptors (Lipinski definition) is 4. The third-order valence-electron chi connectivity index (χ3n) is 5.77. The first-order valence-electron chi connectivity index (χ1n) is 9.60. The number of ketones is 1. The predicted octanol–water partition coefficient (Wildman–Crippen LogP) is 2.28. The van der Waals surface area contributed by atoms with Gasteiger partial charge in [0.25, 0.3) is 0 Å². The zero-order valence-electron chi connectivity index (χ0n) is 17.1. The van der Waals surface area contributed by atoms with Gasteiger partial charge in [0.2, 0.25) is 10.0 Å². The lowest BCUT2D eigenvalue weighted by molar-refractivity contribution is 0.0901. The SMILES string of the molecule is Cc1ccccc1CS(=O)(=O)N1CCN(CC(=O)c2cc(C)n(C)c2C)CC1. The quantitative estimate of drug-likeness (QED) is 0.694. The number of piperazine rings is 1. The number of carbonyl (C=O) groups is 1. The third kappa shape index (κ3) is 4.37. The minimum Gasteiger partial charge on any atom is -0.351 e. The van der Waals surface area contributed by atoms with Gasteiger partial charge in [0.15, 0.2) is 5.78 Å². The fraction of sp³-hybridized carbons (Fsp3) is 0.476. The minimum atomic E-state index is -3.35. The van der Waals surface area contributed by atoms with Gasteiger partial charge in [0, 0.05) is 50.2 Å². The van der Waals surface area contributed by atoms with Gasteiger partial charge in [-0.05, 0) is 38.0 Å². The van der Waals surface area contributed by atoms with Crippen molar-refractivity contribution in [2.24, 2.45) is 7.05 Å². The summed E-state index contributed by atoms with van der Waals surface area (Å²) in [6.07, 6.45) is 0. The van der Waals surface area contributed by atoms with Crippen molar-refractivity contribution in [3.05, 3.63) is 58.4 Å². The van der Waals surface area contributed by atoms with Gasteiger partial charge in [0.05, 0.1) is 12.3 Å². The Balaban J connectivity index is 1.59. The van der Waals surface area contributed by atoms with E-state index in [9.17, 15) is 13.2 Å². The lowest BCUT2D eigenvalue weighted by Gasteiger charge is -2.33. The number of sulfonamides is 1.